The molecule has 0 fully saturated rings. The van der Waals surface area contributed by atoms with Crippen LogP contribution >= 0.6 is 0 Å². The lowest BCUT2D eigenvalue weighted by molar-refractivity contribution is -0.138. The fourth-order valence-corrected chi connectivity index (χ4v) is 3.65. The number of halogens is 4. The highest BCUT2D eigenvalue weighted by atomic mass is 19.4. The Morgan fingerprint density at radius 1 is 0.774 bits per heavy atom. The van der Waals surface area contributed by atoms with Crippen LogP contribution in [0.15, 0.2) is 18.2 Å². The van der Waals surface area contributed by atoms with Crippen LogP contribution in [0, 0.1) is 5.82 Å². The van der Waals surface area contributed by atoms with Crippen molar-refractivity contribution in [2.45, 2.75) is 109 Å². The zero-order chi connectivity index (χ0) is 23.0. The fraction of sp³-hybridized carbons (Fsp3) is 0.720. The van der Waals surface area contributed by atoms with E-state index in [9.17, 15) is 22.4 Å². The van der Waals surface area contributed by atoms with Crippen molar-refractivity contribution in [2.75, 3.05) is 6.61 Å². The summed E-state index contributed by atoms with van der Waals surface area (Å²) in [5.41, 5.74) is -1.94. The average Bonchev–Trinajstić information content (AvgIpc) is 2.72. The van der Waals surface area contributed by atoms with Gasteiger partial charge in [-0.15, -0.1) is 0 Å². The predicted molar refractivity (Wildman–Crippen MR) is 117 cm³/mol. The second-order valence-electron chi connectivity index (χ2n) is 8.27. The van der Waals surface area contributed by atoms with Gasteiger partial charge in [-0.1, -0.05) is 96.8 Å². The van der Waals surface area contributed by atoms with E-state index in [1.165, 1.54) is 70.6 Å². The van der Waals surface area contributed by atoms with E-state index in [1.54, 1.807) is 0 Å². The summed E-state index contributed by atoms with van der Waals surface area (Å²) in [5.74, 6) is -2.02. The van der Waals surface area contributed by atoms with Crippen molar-refractivity contribution in [1.29, 1.82) is 0 Å². The summed E-state index contributed by atoms with van der Waals surface area (Å²) < 4.78 is 57.0. The molecule has 0 aliphatic heterocycles. The molecule has 1 rings (SSSR count). The van der Waals surface area contributed by atoms with Crippen LogP contribution in [0.4, 0.5) is 17.6 Å². The van der Waals surface area contributed by atoms with Gasteiger partial charge < -0.3 is 4.74 Å². The number of carbonyl (C=O) groups is 1. The van der Waals surface area contributed by atoms with Crippen LogP contribution in [0.3, 0.4) is 0 Å². The maximum absolute atomic E-state index is 13.3. The number of hydrogen-bond acceptors (Lipinski definition) is 2. The minimum atomic E-state index is -4.73. The average molecular weight is 447 g/mol. The highest BCUT2D eigenvalue weighted by Crippen LogP contribution is 2.32. The van der Waals surface area contributed by atoms with Crippen molar-refractivity contribution < 1.29 is 27.1 Å². The van der Waals surface area contributed by atoms with Gasteiger partial charge in [0.2, 0.25) is 0 Å². The molecule has 0 saturated carbocycles. The lowest BCUT2D eigenvalue weighted by Crippen LogP contribution is -2.16. The molecule has 6 heteroatoms. The lowest BCUT2D eigenvalue weighted by atomic mass is 10.0. The van der Waals surface area contributed by atoms with Crippen LogP contribution < -0.4 is 0 Å². The molecule has 1 aromatic rings. The van der Waals surface area contributed by atoms with E-state index in [0.717, 1.165) is 19.3 Å². The van der Waals surface area contributed by atoms with Crippen LogP contribution in [-0.4, -0.2) is 12.6 Å². The van der Waals surface area contributed by atoms with Gasteiger partial charge in [-0.05, 0) is 24.6 Å². The third-order valence-corrected chi connectivity index (χ3v) is 5.49. The first-order chi connectivity index (χ1) is 14.9. The summed E-state index contributed by atoms with van der Waals surface area (Å²) in [6, 6.07) is 1.84. The highest BCUT2D eigenvalue weighted by molar-refractivity contribution is 5.91. The second-order valence-corrected chi connectivity index (χ2v) is 8.27. The van der Waals surface area contributed by atoms with Gasteiger partial charge in [0.05, 0.1) is 17.7 Å². The van der Waals surface area contributed by atoms with Crippen LogP contribution in [0.25, 0.3) is 0 Å². The lowest BCUT2D eigenvalue weighted by Gasteiger charge is -2.12. The summed E-state index contributed by atoms with van der Waals surface area (Å²) in [6.07, 6.45) is 13.3. The molecule has 0 atom stereocenters. The molecular formula is C25H38F4O2. The predicted octanol–water partition coefficient (Wildman–Crippen LogP) is 8.87. The van der Waals surface area contributed by atoms with Crippen LogP contribution in [-0.2, 0) is 10.9 Å². The highest BCUT2D eigenvalue weighted by Gasteiger charge is 2.35. The molecule has 0 amide bonds. The van der Waals surface area contributed by atoms with E-state index in [0.29, 0.717) is 24.6 Å². The van der Waals surface area contributed by atoms with Crippen molar-refractivity contribution in [3.8, 4) is 0 Å². The minimum absolute atomic E-state index is 0.0465. The van der Waals surface area contributed by atoms with E-state index >= 15 is 0 Å². The molecule has 0 bridgehead atoms. The third kappa shape index (κ3) is 12.8. The summed E-state index contributed by atoms with van der Waals surface area (Å²) in [5, 5.41) is 0. The monoisotopic (exact) mass is 446 g/mol. The Morgan fingerprint density at radius 2 is 1.23 bits per heavy atom. The summed E-state index contributed by atoms with van der Waals surface area (Å²) in [4.78, 5) is 11.9. The topological polar surface area (TPSA) is 26.3 Å². The number of ether oxygens (including phenoxy) is 1. The van der Waals surface area contributed by atoms with Crippen LogP contribution in [0.1, 0.15) is 119 Å². The van der Waals surface area contributed by atoms with Crippen molar-refractivity contribution in [3.63, 3.8) is 0 Å². The molecule has 0 N–H and O–H groups in total. The molecule has 0 radical (unpaired) electrons. The Labute approximate surface area is 184 Å². The largest absolute Gasteiger partial charge is 0.462 e. The second kappa shape index (κ2) is 16.1. The smallest absolute Gasteiger partial charge is 0.417 e. The number of benzene rings is 1. The molecule has 0 aliphatic carbocycles. The maximum atomic E-state index is 13.3. The number of esters is 1. The molecule has 2 nitrogen and oxygen atoms in total. The molecule has 31 heavy (non-hydrogen) atoms. The third-order valence-electron chi connectivity index (χ3n) is 5.49. The van der Waals surface area contributed by atoms with Crippen molar-refractivity contribution in [1.82, 2.24) is 0 Å². The van der Waals surface area contributed by atoms with Gasteiger partial charge in [0.1, 0.15) is 5.82 Å². The van der Waals surface area contributed by atoms with E-state index in [4.69, 9.17) is 4.74 Å². The van der Waals surface area contributed by atoms with Gasteiger partial charge in [0.15, 0.2) is 0 Å². The molecule has 0 unspecified atom stereocenters. The maximum Gasteiger partial charge on any atom is 0.417 e. The number of hydrogen-bond donors (Lipinski definition) is 0. The minimum Gasteiger partial charge on any atom is -0.462 e. The number of alkyl halides is 3. The van der Waals surface area contributed by atoms with E-state index in [2.05, 4.69) is 6.92 Å². The molecule has 0 aromatic heterocycles. The zero-order valence-corrected chi connectivity index (χ0v) is 18.9. The Kier molecular flexibility index (Phi) is 14.3. The molecule has 0 aliphatic rings. The normalized spacial score (nSPS) is 11.6. The quantitative estimate of drug-likeness (QED) is 0.136. The van der Waals surface area contributed by atoms with Gasteiger partial charge in [-0.2, -0.15) is 13.2 Å². The Hall–Kier alpha value is -1.59. The molecular weight excluding hydrogens is 408 g/mol. The molecule has 0 saturated heterocycles. The first-order valence-electron chi connectivity index (χ1n) is 11.9. The molecule has 1 aromatic carbocycles. The summed E-state index contributed by atoms with van der Waals surface area (Å²) in [7, 11) is 0. The summed E-state index contributed by atoms with van der Waals surface area (Å²) in [6.45, 7) is 2.28. The van der Waals surface area contributed by atoms with Gasteiger partial charge in [0, 0.05) is 0 Å². The fourth-order valence-electron chi connectivity index (χ4n) is 3.65. The number of carbonyl (C=O) groups excluding carboxylic acids is 1. The van der Waals surface area contributed by atoms with Crippen molar-refractivity contribution in [3.05, 3.63) is 35.1 Å². The number of unbranched alkanes of at least 4 members (excludes halogenated alkanes) is 14. The molecule has 0 spiro atoms. The van der Waals surface area contributed by atoms with Crippen LogP contribution in [0.5, 0.6) is 0 Å². The van der Waals surface area contributed by atoms with Crippen molar-refractivity contribution in [2.24, 2.45) is 0 Å². The van der Waals surface area contributed by atoms with Gasteiger partial charge in [0.25, 0.3) is 0 Å². The van der Waals surface area contributed by atoms with Crippen molar-refractivity contribution >= 4 is 5.97 Å². The van der Waals surface area contributed by atoms with Gasteiger partial charge in [-0.3, -0.25) is 0 Å². The molecule has 0 heterocycles. The first-order valence-corrected chi connectivity index (χ1v) is 11.9. The number of rotatable bonds is 17. The molecule has 178 valence electrons. The Morgan fingerprint density at radius 3 is 1.68 bits per heavy atom. The Bertz CT molecular complexity index is 614. The van der Waals surface area contributed by atoms with E-state index < -0.39 is 29.1 Å². The standard InChI is InChI=1S/C25H38F4O2/c1-2-3-4-5-6-7-8-9-10-11-12-13-14-15-16-19-31-24(30)22-20-21(26)17-18-23(22)25(27,28)29/h17-18,20H,2-16,19H2,1H3. The van der Waals surface area contributed by atoms with E-state index in [-0.39, 0.29) is 6.61 Å². The van der Waals surface area contributed by atoms with E-state index in [1.807, 2.05) is 0 Å². The van der Waals surface area contributed by atoms with Crippen LogP contribution in [0.2, 0.25) is 0 Å². The van der Waals surface area contributed by atoms with Gasteiger partial charge >= 0.3 is 12.1 Å². The zero-order valence-electron chi connectivity index (χ0n) is 18.9. The first kappa shape index (κ1) is 27.4. The van der Waals surface area contributed by atoms with Gasteiger partial charge in [-0.25, -0.2) is 9.18 Å². The summed E-state index contributed by atoms with van der Waals surface area (Å²) >= 11 is 0. The SMILES string of the molecule is CCCCCCCCCCCCCCCCCOC(=O)c1cc(F)ccc1C(F)(F)F. The Balaban J connectivity index is 2.03.